The number of nitrogens with two attached hydrogens (primary N) is 2. The number of fused-ring (bicyclic) bond motifs is 1. The van der Waals surface area contributed by atoms with Crippen LogP contribution in [0.15, 0.2) is 23.2 Å². The molecule has 0 fully saturated rings. The van der Waals surface area contributed by atoms with Gasteiger partial charge in [-0.3, -0.25) is 0 Å². The first-order valence-electron chi connectivity index (χ1n) is 4.97. The maximum Gasteiger partial charge on any atom is 0.191 e. The normalized spacial score (nSPS) is 14.6. The van der Waals surface area contributed by atoms with Crippen molar-refractivity contribution < 1.29 is 0 Å². The quantitative estimate of drug-likeness (QED) is 0.519. The molecular weight excluding hydrogens is 174 g/mol. The summed E-state index contributed by atoms with van der Waals surface area (Å²) in [6, 6.07) is 6.20. The van der Waals surface area contributed by atoms with Gasteiger partial charge in [0.05, 0.1) is 5.69 Å². The second kappa shape index (κ2) is 3.70. The molecule has 0 radical (unpaired) electrons. The molecule has 0 saturated heterocycles. The van der Waals surface area contributed by atoms with Gasteiger partial charge in [-0.05, 0) is 48.9 Å². The molecule has 0 unspecified atom stereocenters. The van der Waals surface area contributed by atoms with Crippen LogP contribution in [0.5, 0.6) is 0 Å². The van der Waals surface area contributed by atoms with E-state index in [0.717, 1.165) is 12.1 Å². The molecule has 0 spiro atoms. The second-order valence-corrected chi connectivity index (χ2v) is 3.70. The third kappa shape index (κ3) is 1.87. The average Bonchev–Trinajstić information content (AvgIpc) is 2.17. The topological polar surface area (TPSA) is 64.4 Å². The first kappa shape index (κ1) is 9.06. The van der Waals surface area contributed by atoms with E-state index in [1.54, 1.807) is 0 Å². The summed E-state index contributed by atoms with van der Waals surface area (Å²) in [6.45, 7) is 0. The predicted molar refractivity (Wildman–Crippen MR) is 58.6 cm³/mol. The summed E-state index contributed by atoms with van der Waals surface area (Å²) >= 11 is 0. The summed E-state index contributed by atoms with van der Waals surface area (Å²) in [5.74, 6) is 0.126. The molecule has 3 heteroatoms. The van der Waals surface area contributed by atoms with Crippen molar-refractivity contribution in [1.82, 2.24) is 0 Å². The molecule has 2 rings (SSSR count). The Bertz CT molecular complexity index is 365. The fourth-order valence-electron chi connectivity index (χ4n) is 1.94. The molecule has 14 heavy (non-hydrogen) atoms. The van der Waals surface area contributed by atoms with Crippen LogP contribution in [0.25, 0.3) is 0 Å². The molecule has 0 amide bonds. The Morgan fingerprint density at radius 3 is 2.50 bits per heavy atom. The van der Waals surface area contributed by atoms with Crippen molar-refractivity contribution in [3.05, 3.63) is 29.3 Å². The summed E-state index contributed by atoms with van der Waals surface area (Å²) in [4.78, 5) is 4.04. The van der Waals surface area contributed by atoms with Gasteiger partial charge in [-0.2, -0.15) is 0 Å². The monoisotopic (exact) mass is 189 g/mol. The van der Waals surface area contributed by atoms with Crippen LogP contribution >= 0.6 is 0 Å². The van der Waals surface area contributed by atoms with Gasteiger partial charge in [-0.1, -0.05) is 6.07 Å². The van der Waals surface area contributed by atoms with E-state index in [-0.39, 0.29) is 5.96 Å². The molecule has 1 aliphatic rings. The molecule has 0 bridgehead atoms. The summed E-state index contributed by atoms with van der Waals surface area (Å²) in [5.41, 5.74) is 14.4. The van der Waals surface area contributed by atoms with Crippen molar-refractivity contribution in [2.75, 3.05) is 0 Å². The lowest BCUT2D eigenvalue weighted by molar-refractivity contribution is 0.686. The second-order valence-electron chi connectivity index (χ2n) is 3.70. The van der Waals surface area contributed by atoms with E-state index >= 15 is 0 Å². The third-order valence-corrected chi connectivity index (χ3v) is 2.59. The molecule has 74 valence electrons. The van der Waals surface area contributed by atoms with Crippen LogP contribution in [-0.2, 0) is 12.8 Å². The van der Waals surface area contributed by atoms with Crippen LogP contribution in [-0.4, -0.2) is 5.96 Å². The number of hydrogen-bond donors (Lipinski definition) is 2. The van der Waals surface area contributed by atoms with Crippen LogP contribution < -0.4 is 11.5 Å². The zero-order valence-corrected chi connectivity index (χ0v) is 8.16. The Morgan fingerprint density at radius 2 is 1.79 bits per heavy atom. The first-order valence-corrected chi connectivity index (χ1v) is 4.97. The average molecular weight is 189 g/mol. The number of aryl methyl sites for hydroxylation is 2. The molecule has 4 N–H and O–H groups in total. The number of rotatable bonds is 1. The lowest BCUT2D eigenvalue weighted by atomic mass is 9.91. The molecule has 3 nitrogen and oxygen atoms in total. The fourth-order valence-corrected chi connectivity index (χ4v) is 1.94. The van der Waals surface area contributed by atoms with Crippen LogP contribution in [0.3, 0.4) is 0 Å². The van der Waals surface area contributed by atoms with Crippen molar-refractivity contribution in [3.63, 3.8) is 0 Å². The number of nitrogens with zero attached hydrogens (tertiary/aromatic N) is 1. The molecule has 1 aromatic rings. The van der Waals surface area contributed by atoms with E-state index < -0.39 is 0 Å². The summed E-state index contributed by atoms with van der Waals surface area (Å²) < 4.78 is 0. The van der Waals surface area contributed by atoms with Crippen molar-refractivity contribution in [2.24, 2.45) is 16.5 Å². The van der Waals surface area contributed by atoms with Gasteiger partial charge in [0.2, 0.25) is 0 Å². The minimum absolute atomic E-state index is 0.126. The van der Waals surface area contributed by atoms with E-state index in [0.29, 0.717) is 0 Å². The van der Waals surface area contributed by atoms with Crippen LogP contribution in [0.2, 0.25) is 0 Å². The SMILES string of the molecule is NC(N)=Nc1ccc2c(c1)CCCC2. The molecule has 0 aliphatic heterocycles. The highest BCUT2D eigenvalue weighted by Gasteiger charge is 2.08. The minimum atomic E-state index is 0.126. The number of guanidine groups is 1. The molecule has 0 saturated carbocycles. The Kier molecular flexibility index (Phi) is 2.39. The van der Waals surface area contributed by atoms with Crippen LogP contribution in [0.1, 0.15) is 24.0 Å². The standard InChI is InChI=1S/C11H15N3/c12-11(13)14-10-6-5-8-3-1-2-4-9(8)7-10/h5-7H,1-4H2,(H4,12,13,14). The largest absolute Gasteiger partial charge is 0.370 e. The van der Waals surface area contributed by atoms with Gasteiger partial charge in [0.15, 0.2) is 5.96 Å². The maximum absolute atomic E-state index is 5.33. The van der Waals surface area contributed by atoms with Gasteiger partial charge in [-0.15, -0.1) is 0 Å². The van der Waals surface area contributed by atoms with Gasteiger partial charge >= 0.3 is 0 Å². The molecule has 1 aromatic carbocycles. The molecule has 0 atom stereocenters. The van der Waals surface area contributed by atoms with E-state index in [9.17, 15) is 0 Å². The molecule has 0 heterocycles. The van der Waals surface area contributed by atoms with Gasteiger partial charge < -0.3 is 11.5 Å². The highest BCUT2D eigenvalue weighted by atomic mass is 15.0. The number of hydrogen-bond acceptors (Lipinski definition) is 1. The highest BCUT2D eigenvalue weighted by Crippen LogP contribution is 2.25. The van der Waals surface area contributed by atoms with E-state index in [1.165, 1.54) is 30.4 Å². The van der Waals surface area contributed by atoms with Crippen molar-refractivity contribution in [3.8, 4) is 0 Å². The third-order valence-electron chi connectivity index (χ3n) is 2.59. The van der Waals surface area contributed by atoms with Gasteiger partial charge in [0, 0.05) is 0 Å². The van der Waals surface area contributed by atoms with Gasteiger partial charge in [0.25, 0.3) is 0 Å². The minimum Gasteiger partial charge on any atom is -0.370 e. The smallest absolute Gasteiger partial charge is 0.191 e. The Hall–Kier alpha value is -1.51. The van der Waals surface area contributed by atoms with E-state index in [4.69, 9.17) is 11.5 Å². The van der Waals surface area contributed by atoms with E-state index in [2.05, 4.69) is 17.1 Å². The van der Waals surface area contributed by atoms with Crippen molar-refractivity contribution >= 4 is 11.6 Å². The summed E-state index contributed by atoms with van der Waals surface area (Å²) in [6.07, 6.45) is 4.92. The Morgan fingerprint density at radius 1 is 1.07 bits per heavy atom. The zero-order chi connectivity index (χ0) is 9.97. The number of aliphatic imine (C=N–C) groups is 1. The first-order chi connectivity index (χ1) is 6.75. The highest BCUT2D eigenvalue weighted by molar-refractivity contribution is 5.79. The lowest BCUT2D eigenvalue weighted by Crippen LogP contribution is -2.21. The number of benzene rings is 1. The van der Waals surface area contributed by atoms with E-state index in [1.807, 2.05) is 6.07 Å². The molecular formula is C11H15N3. The van der Waals surface area contributed by atoms with Crippen molar-refractivity contribution in [1.29, 1.82) is 0 Å². The predicted octanol–water partition coefficient (Wildman–Crippen LogP) is 1.47. The zero-order valence-electron chi connectivity index (χ0n) is 8.16. The Balaban J connectivity index is 2.34. The van der Waals surface area contributed by atoms with Crippen LogP contribution in [0.4, 0.5) is 5.69 Å². The fraction of sp³-hybridized carbons (Fsp3) is 0.364. The summed E-state index contributed by atoms with van der Waals surface area (Å²) in [5, 5.41) is 0. The van der Waals surface area contributed by atoms with Crippen molar-refractivity contribution in [2.45, 2.75) is 25.7 Å². The Labute approximate surface area is 83.8 Å². The summed E-state index contributed by atoms with van der Waals surface area (Å²) in [7, 11) is 0. The molecule has 1 aliphatic carbocycles. The maximum atomic E-state index is 5.33. The lowest BCUT2D eigenvalue weighted by Gasteiger charge is -2.15. The molecule has 0 aromatic heterocycles. The van der Waals surface area contributed by atoms with Gasteiger partial charge in [0.1, 0.15) is 0 Å². The van der Waals surface area contributed by atoms with Crippen LogP contribution in [0, 0.1) is 0 Å². The van der Waals surface area contributed by atoms with Gasteiger partial charge in [-0.25, -0.2) is 4.99 Å².